The first kappa shape index (κ1) is 23.2. The van der Waals surface area contributed by atoms with Crippen molar-refractivity contribution in [2.45, 2.75) is 38.6 Å². The van der Waals surface area contributed by atoms with Gasteiger partial charge in [0.2, 0.25) is 5.91 Å². The fourth-order valence-corrected chi connectivity index (χ4v) is 4.35. The van der Waals surface area contributed by atoms with Crippen molar-refractivity contribution in [3.63, 3.8) is 0 Å². The standard InChI is InChI=1S/C20H30Cl2N4OS/c1-14-10-12-26(13-11-14)20(27)17(25-28-19(24-3)18(22)23-2)9-8-15-6-4-5-7-16(15)21/h4-7,14,17,23-25H,8-13H2,1-3H3/b19-18+. The van der Waals surface area contributed by atoms with Crippen LogP contribution in [0.2, 0.25) is 5.02 Å². The molecule has 1 aromatic rings. The van der Waals surface area contributed by atoms with Crippen molar-refractivity contribution in [3.8, 4) is 0 Å². The van der Waals surface area contributed by atoms with Gasteiger partial charge in [-0.2, -0.15) is 0 Å². The summed E-state index contributed by atoms with van der Waals surface area (Å²) >= 11 is 13.8. The van der Waals surface area contributed by atoms with Gasteiger partial charge in [0, 0.05) is 32.2 Å². The van der Waals surface area contributed by atoms with Crippen LogP contribution in [0.1, 0.15) is 31.7 Å². The zero-order valence-corrected chi connectivity index (χ0v) is 19.1. The molecule has 1 amide bonds. The minimum atomic E-state index is -0.320. The minimum Gasteiger partial charge on any atom is -0.379 e. The molecule has 1 aliphatic heterocycles. The number of carbonyl (C=O) groups is 1. The third-order valence-electron chi connectivity index (χ3n) is 5.00. The summed E-state index contributed by atoms with van der Waals surface area (Å²) < 4.78 is 3.32. The Labute approximate surface area is 182 Å². The summed E-state index contributed by atoms with van der Waals surface area (Å²) in [6, 6.07) is 7.47. The summed E-state index contributed by atoms with van der Waals surface area (Å²) in [7, 11) is 3.56. The van der Waals surface area contributed by atoms with Gasteiger partial charge in [-0.25, -0.2) is 4.72 Å². The predicted molar refractivity (Wildman–Crippen MR) is 120 cm³/mol. The van der Waals surface area contributed by atoms with E-state index in [9.17, 15) is 4.79 Å². The first-order valence-corrected chi connectivity index (χ1v) is 11.2. The Bertz CT molecular complexity index is 678. The van der Waals surface area contributed by atoms with E-state index in [2.05, 4.69) is 22.3 Å². The number of rotatable bonds is 9. The summed E-state index contributed by atoms with van der Waals surface area (Å²) in [6.07, 6.45) is 3.51. The summed E-state index contributed by atoms with van der Waals surface area (Å²) in [5.41, 5.74) is 1.05. The van der Waals surface area contributed by atoms with Gasteiger partial charge >= 0.3 is 0 Å². The van der Waals surface area contributed by atoms with Crippen molar-refractivity contribution in [1.29, 1.82) is 0 Å². The van der Waals surface area contributed by atoms with Crippen LogP contribution in [0.5, 0.6) is 0 Å². The fraction of sp³-hybridized carbons (Fsp3) is 0.550. The lowest BCUT2D eigenvalue weighted by molar-refractivity contribution is -0.134. The number of nitrogens with zero attached hydrogens (tertiary/aromatic N) is 1. The monoisotopic (exact) mass is 444 g/mol. The molecule has 0 saturated carbocycles. The molecule has 0 radical (unpaired) electrons. The van der Waals surface area contributed by atoms with Crippen LogP contribution in [0.3, 0.4) is 0 Å². The van der Waals surface area contributed by atoms with Gasteiger partial charge in [-0.05, 0) is 55.2 Å². The molecule has 1 heterocycles. The topological polar surface area (TPSA) is 56.4 Å². The Kier molecular flexibility index (Phi) is 9.79. The maximum absolute atomic E-state index is 13.2. The Balaban J connectivity index is 2.08. The number of likely N-dealkylation sites (tertiary alicyclic amines) is 1. The van der Waals surface area contributed by atoms with Crippen LogP contribution in [-0.2, 0) is 11.2 Å². The second kappa shape index (κ2) is 11.8. The van der Waals surface area contributed by atoms with Gasteiger partial charge in [0.15, 0.2) is 0 Å². The number of halogens is 2. The number of benzene rings is 1. The van der Waals surface area contributed by atoms with E-state index in [0.717, 1.165) is 48.0 Å². The normalized spacial score (nSPS) is 17.1. The van der Waals surface area contributed by atoms with Gasteiger partial charge < -0.3 is 15.5 Å². The molecule has 8 heteroatoms. The molecule has 156 valence electrons. The van der Waals surface area contributed by atoms with Crippen LogP contribution < -0.4 is 15.4 Å². The summed E-state index contributed by atoms with van der Waals surface area (Å²) in [6.45, 7) is 3.89. The highest BCUT2D eigenvalue weighted by Gasteiger charge is 2.27. The zero-order valence-electron chi connectivity index (χ0n) is 16.7. The van der Waals surface area contributed by atoms with Crippen molar-refractivity contribution >= 4 is 41.1 Å². The van der Waals surface area contributed by atoms with E-state index in [1.807, 2.05) is 29.2 Å². The molecular weight excluding hydrogens is 415 g/mol. The molecule has 28 heavy (non-hydrogen) atoms. The van der Waals surface area contributed by atoms with Crippen molar-refractivity contribution in [3.05, 3.63) is 45.0 Å². The smallest absolute Gasteiger partial charge is 0.240 e. The van der Waals surface area contributed by atoms with E-state index in [4.69, 9.17) is 23.2 Å². The third kappa shape index (κ3) is 6.76. The van der Waals surface area contributed by atoms with Gasteiger partial charge in [-0.15, -0.1) is 0 Å². The molecule has 5 nitrogen and oxygen atoms in total. The molecule has 2 rings (SSSR count). The lowest BCUT2D eigenvalue weighted by Crippen LogP contribution is -2.47. The van der Waals surface area contributed by atoms with E-state index in [1.54, 1.807) is 14.1 Å². The number of nitrogens with one attached hydrogen (secondary N) is 3. The number of amides is 1. The predicted octanol–water partition coefficient (Wildman–Crippen LogP) is 3.94. The molecule has 1 atom stereocenters. The van der Waals surface area contributed by atoms with E-state index in [1.165, 1.54) is 11.9 Å². The SMILES string of the molecule is CN/C(Cl)=C(\NC)SNC(CCc1ccccc1Cl)C(=O)N1CCC(C)CC1. The molecule has 1 fully saturated rings. The van der Waals surface area contributed by atoms with Crippen LogP contribution in [0.4, 0.5) is 0 Å². The number of hydrogen-bond donors (Lipinski definition) is 3. The van der Waals surface area contributed by atoms with Crippen molar-refractivity contribution in [2.24, 2.45) is 5.92 Å². The first-order valence-electron chi connectivity index (χ1n) is 9.66. The minimum absolute atomic E-state index is 0.141. The largest absolute Gasteiger partial charge is 0.379 e. The highest BCUT2D eigenvalue weighted by Crippen LogP contribution is 2.22. The fourth-order valence-electron chi connectivity index (χ4n) is 3.13. The van der Waals surface area contributed by atoms with Crippen molar-refractivity contribution in [1.82, 2.24) is 20.3 Å². The maximum atomic E-state index is 13.2. The van der Waals surface area contributed by atoms with Gasteiger partial charge in [-0.3, -0.25) is 4.79 Å². The van der Waals surface area contributed by atoms with Crippen LogP contribution in [0.25, 0.3) is 0 Å². The average molecular weight is 445 g/mol. The molecule has 0 aliphatic carbocycles. The van der Waals surface area contributed by atoms with Crippen molar-refractivity contribution in [2.75, 3.05) is 27.2 Å². The second-order valence-electron chi connectivity index (χ2n) is 7.05. The Morgan fingerprint density at radius 3 is 2.54 bits per heavy atom. The summed E-state index contributed by atoms with van der Waals surface area (Å²) in [5.74, 6) is 0.823. The van der Waals surface area contributed by atoms with E-state index >= 15 is 0 Å². The molecule has 1 aliphatic rings. The lowest BCUT2D eigenvalue weighted by atomic mass is 9.98. The summed E-state index contributed by atoms with van der Waals surface area (Å²) in [5, 5.41) is 7.95. The molecule has 1 unspecified atom stereocenters. The Hall–Kier alpha value is -1.08. The van der Waals surface area contributed by atoms with Gasteiger partial charge in [0.05, 0.1) is 6.04 Å². The molecule has 1 saturated heterocycles. The quantitative estimate of drug-likeness (QED) is 0.397. The highest BCUT2D eigenvalue weighted by molar-refractivity contribution is 8.01. The van der Waals surface area contributed by atoms with E-state index in [0.29, 0.717) is 17.5 Å². The number of carbonyl (C=O) groups excluding carboxylic acids is 1. The molecule has 0 aromatic heterocycles. The lowest BCUT2D eigenvalue weighted by Gasteiger charge is -2.33. The zero-order chi connectivity index (χ0) is 20.5. The second-order valence-corrected chi connectivity index (χ2v) is 8.69. The molecule has 0 bridgehead atoms. The third-order valence-corrected chi connectivity index (χ3v) is 6.88. The van der Waals surface area contributed by atoms with Crippen LogP contribution in [0.15, 0.2) is 34.5 Å². The highest BCUT2D eigenvalue weighted by atomic mass is 35.5. The first-order chi connectivity index (χ1) is 13.5. The number of hydrogen-bond acceptors (Lipinski definition) is 5. The van der Waals surface area contributed by atoms with Gasteiger partial charge in [0.1, 0.15) is 10.2 Å². The summed E-state index contributed by atoms with van der Waals surface area (Å²) in [4.78, 5) is 15.2. The van der Waals surface area contributed by atoms with E-state index in [-0.39, 0.29) is 11.9 Å². The number of piperidine rings is 1. The van der Waals surface area contributed by atoms with Gasteiger partial charge in [-0.1, -0.05) is 48.3 Å². The molecular formula is C20H30Cl2N4OS. The molecule has 0 spiro atoms. The molecule has 1 aromatic carbocycles. The van der Waals surface area contributed by atoms with Crippen LogP contribution >= 0.6 is 35.1 Å². The average Bonchev–Trinajstić information content (AvgIpc) is 2.71. The number of aryl methyl sites for hydroxylation is 1. The van der Waals surface area contributed by atoms with Crippen molar-refractivity contribution < 1.29 is 4.79 Å². The van der Waals surface area contributed by atoms with Crippen LogP contribution in [-0.4, -0.2) is 44.0 Å². The van der Waals surface area contributed by atoms with Gasteiger partial charge in [0.25, 0.3) is 0 Å². The maximum Gasteiger partial charge on any atom is 0.240 e. The van der Waals surface area contributed by atoms with E-state index < -0.39 is 0 Å². The molecule has 3 N–H and O–H groups in total. The van der Waals surface area contributed by atoms with Crippen LogP contribution in [0, 0.1) is 5.92 Å². The Morgan fingerprint density at radius 2 is 1.93 bits per heavy atom. The Morgan fingerprint density at radius 1 is 1.25 bits per heavy atom.